The van der Waals surface area contributed by atoms with Crippen LogP contribution >= 0.6 is 0 Å². The van der Waals surface area contributed by atoms with Crippen molar-refractivity contribution in [3.05, 3.63) is 29.3 Å². The molecule has 0 aliphatic heterocycles. The number of halogens is 2. The van der Waals surface area contributed by atoms with Crippen LogP contribution in [0.5, 0.6) is 5.75 Å². The van der Waals surface area contributed by atoms with Gasteiger partial charge in [0.25, 0.3) is 5.92 Å². The van der Waals surface area contributed by atoms with Crippen molar-refractivity contribution in [2.75, 3.05) is 7.11 Å². The van der Waals surface area contributed by atoms with Gasteiger partial charge < -0.3 is 4.74 Å². The molecule has 1 rings (SSSR count). The van der Waals surface area contributed by atoms with Crippen LogP contribution in [0.4, 0.5) is 8.78 Å². The SMILES string of the molecule is COc1ccc(CN=C=O)cc1C(C)(F)F. The number of aliphatic imine (C=N–C) groups is 1. The molecule has 0 fully saturated rings. The highest BCUT2D eigenvalue weighted by Gasteiger charge is 2.28. The molecule has 0 unspecified atom stereocenters. The normalized spacial score (nSPS) is 10.8. The van der Waals surface area contributed by atoms with E-state index < -0.39 is 5.92 Å². The fraction of sp³-hybridized carbons (Fsp3) is 0.364. The van der Waals surface area contributed by atoms with Crippen molar-refractivity contribution < 1.29 is 18.3 Å². The first-order valence-electron chi connectivity index (χ1n) is 4.58. The quantitative estimate of drug-likeness (QED) is 0.585. The Labute approximate surface area is 91.8 Å². The van der Waals surface area contributed by atoms with Gasteiger partial charge in [0.1, 0.15) is 5.75 Å². The highest BCUT2D eigenvalue weighted by atomic mass is 19.3. The number of hydrogen-bond donors (Lipinski definition) is 0. The number of carbonyl (C=O) groups excluding carboxylic acids is 1. The van der Waals surface area contributed by atoms with Crippen LogP contribution in [-0.4, -0.2) is 13.2 Å². The second kappa shape index (κ2) is 4.86. The third-order valence-corrected chi connectivity index (χ3v) is 2.06. The van der Waals surface area contributed by atoms with Gasteiger partial charge in [0, 0.05) is 6.92 Å². The molecule has 0 bridgehead atoms. The van der Waals surface area contributed by atoms with Gasteiger partial charge in [-0.3, -0.25) is 0 Å². The summed E-state index contributed by atoms with van der Waals surface area (Å²) in [5.74, 6) is -2.88. The zero-order valence-corrected chi connectivity index (χ0v) is 8.96. The molecular weight excluding hydrogens is 216 g/mol. The van der Waals surface area contributed by atoms with Crippen LogP contribution < -0.4 is 4.74 Å². The first kappa shape index (κ1) is 12.3. The van der Waals surface area contributed by atoms with Crippen molar-refractivity contribution in [1.82, 2.24) is 0 Å². The summed E-state index contributed by atoms with van der Waals surface area (Å²) in [6, 6.07) is 4.29. The summed E-state index contributed by atoms with van der Waals surface area (Å²) in [5, 5.41) is 0. The minimum atomic E-state index is -2.99. The van der Waals surface area contributed by atoms with Gasteiger partial charge in [-0.1, -0.05) is 6.07 Å². The Hall–Kier alpha value is -1.74. The van der Waals surface area contributed by atoms with E-state index >= 15 is 0 Å². The number of isocyanates is 1. The van der Waals surface area contributed by atoms with Crippen LogP contribution in [0.25, 0.3) is 0 Å². The summed E-state index contributed by atoms with van der Waals surface area (Å²) >= 11 is 0. The molecule has 0 aliphatic carbocycles. The second-order valence-corrected chi connectivity index (χ2v) is 3.33. The summed E-state index contributed by atoms with van der Waals surface area (Å²) in [4.78, 5) is 13.2. The van der Waals surface area contributed by atoms with E-state index in [0.29, 0.717) is 5.56 Å². The first-order valence-corrected chi connectivity index (χ1v) is 4.58. The molecule has 0 heterocycles. The van der Waals surface area contributed by atoms with Gasteiger partial charge in [0.05, 0.1) is 19.2 Å². The van der Waals surface area contributed by atoms with Gasteiger partial charge >= 0.3 is 0 Å². The molecule has 0 atom stereocenters. The smallest absolute Gasteiger partial charge is 0.274 e. The fourth-order valence-corrected chi connectivity index (χ4v) is 1.32. The Morgan fingerprint density at radius 2 is 2.19 bits per heavy atom. The summed E-state index contributed by atoms with van der Waals surface area (Å²) in [6.45, 7) is 0.828. The van der Waals surface area contributed by atoms with Crippen molar-refractivity contribution in [3.8, 4) is 5.75 Å². The molecule has 0 aliphatic rings. The molecule has 16 heavy (non-hydrogen) atoms. The van der Waals surface area contributed by atoms with E-state index in [1.165, 1.54) is 25.3 Å². The van der Waals surface area contributed by atoms with Gasteiger partial charge in [-0.2, -0.15) is 0 Å². The molecule has 5 heteroatoms. The molecule has 86 valence electrons. The fourth-order valence-electron chi connectivity index (χ4n) is 1.32. The Morgan fingerprint density at radius 3 is 2.69 bits per heavy atom. The maximum Gasteiger partial charge on any atom is 0.274 e. The molecule has 1 aromatic rings. The van der Waals surface area contributed by atoms with Crippen molar-refractivity contribution in [2.24, 2.45) is 4.99 Å². The number of methoxy groups -OCH3 is 1. The van der Waals surface area contributed by atoms with Crippen molar-refractivity contribution in [2.45, 2.75) is 19.4 Å². The van der Waals surface area contributed by atoms with Crippen LogP contribution in [0.1, 0.15) is 18.1 Å². The molecule has 1 aromatic carbocycles. The topological polar surface area (TPSA) is 38.7 Å². The lowest BCUT2D eigenvalue weighted by atomic mass is 10.0. The number of hydrogen-bond acceptors (Lipinski definition) is 3. The van der Waals surface area contributed by atoms with E-state index in [1.54, 1.807) is 6.07 Å². The van der Waals surface area contributed by atoms with Crippen LogP contribution in [0, 0.1) is 0 Å². The lowest BCUT2D eigenvalue weighted by molar-refractivity contribution is 0.0150. The van der Waals surface area contributed by atoms with Crippen molar-refractivity contribution in [3.63, 3.8) is 0 Å². The molecule has 0 saturated heterocycles. The highest BCUT2D eigenvalue weighted by Crippen LogP contribution is 2.35. The molecule has 0 amide bonds. The van der Waals surface area contributed by atoms with E-state index in [9.17, 15) is 13.6 Å². The summed E-state index contributed by atoms with van der Waals surface area (Å²) in [7, 11) is 1.33. The third-order valence-electron chi connectivity index (χ3n) is 2.06. The standard InChI is InChI=1S/C11H11F2NO2/c1-11(12,13)9-5-8(6-14-7-15)3-4-10(9)16-2/h3-5H,6H2,1-2H3. The predicted molar refractivity (Wildman–Crippen MR) is 54.4 cm³/mol. The minimum absolute atomic E-state index is 0.0383. The van der Waals surface area contributed by atoms with Crippen molar-refractivity contribution >= 4 is 6.08 Å². The number of alkyl halides is 2. The number of rotatable bonds is 4. The Bertz CT molecular complexity index is 420. The molecule has 3 nitrogen and oxygen atoms in total. The summed E-state index contributed by atoms with van der Waals surface area (Å²) in [6.07, 6.45) is 1.36. The average molecular weight is 227 g/mol. The van der Waals surface area contributed by atoms with Gasteiger partial charge in [-0.05, 0) is 17.7 Å². The monoisotopic (exact) mass is 227 g/mol. The summed E-state index contributed by atoms with van der Waals surface area (Å²) in [5.41, 5.74) is 0.300. The highest BCUT2D eigenvalue weighted by molar-refractivity contribution is 5.41. The maximum atomic E-state index is 13.2. The van der Waals surface area contributed by atoms with Gasteiger partial charge in [-0.25, -0.2) is 18.6 Å². The van der Waals surface area contributed by atoms with Crippen LogP contribution in [0.2, 0.25) is 0 Å². The van der Waals surface area contributed by atoms with Crippen LogP contribution in [-0.2, 0) is 17.3 Å². The van der Waals surface area contributed by atoms with E-state index in [2.05, 4.69) is 4.99 Å². The lowest BCUT2D eigenvalue weighted by Gasteiger charge is -2.15. The van der Waals surface area contributed by atoms with E-state index in [0.717, 1.165) is 6.92 Å². The second-order valence-electron chi connectivity index (χ2n) is 3.33. The number of benzene rings is 1. The Balaban J connectivity index is 3.16. The van der Waals surface area contributed by atoms with Crippen molar-refractivity contribution in [1.29, 1.82) is 0 Å². The molecular formula is C11H11F2NO2. The van der Waals surface area contributed by atoms with Crippen LogP contribution in [0.15, 0.2) is 23.2 Å². The van der Waals surface area contributed by atoms with E-state index in [4.69, 9.17) is 4.74 Å². The largest absolute Gasteiger partial charge is 0.496 e. The third kappa shape index (κ3) is 2.87. The molecule has 0 radical (unpaired) electrons. The predicted octanol–water partition coefficient (Wildman–Crippen LogP) is 2.64. The minimum Gasteiger partial charge on any atom is -0.496 e. The Morgan fingerprint density at radius 1 is 1.50 bits per heavy atom. The summed E-state index contributed by atoms with van der Waals surface area (Å²) < 4.78 is 31.3. The van der Waals surface area contributed by atoms with Gasteiger partial charge in [0.15, 0.2) is 0 Å². The van der Waals surface area contributed by atoms with E-state index in [-0.39, 0.29) is 17.9 Å². The number of ether oxygens (including phenoxy) is 1. The number of nitrogens with zero attached hydrogens (tertiary/aromatic N) is 1. The zero-order valence-electron chi connectivity index (χ0n) is 8.96. The van der Waals surface area contributed by atoms with Gasteiger partial charge in [-0.15, -0.1) is 0 Å². The molecule has 0 N–H and O–H groups in total. The Kier molecular flexibility index (Phi) is 3.74. The maximum absolute atomic E-state index is 13.2. The lowest BCUT2D eigenvalue weighted by Crippen LogP contribution is -2.09. The molecule has 0 saturated carbocycles. The van der Waals surface area contributed by atoms with Crippen LogP contribution in [0.3, 0.4) is 0 Å². The zero-order chi connectivity index (χ0) is 12.2. The molecule has 0 aromatic heterocycles. The molecule has 0 spiro atoms. The first-order chi connectivity index (χ1) is 7.49. The van der Waals surface area contributed by atoms with E-state index in [1.807, 2.05) is 0 Å². The average Bonchev–Trinajstić information content (AvgIpc) is 2.24. The van der Waals surface area contributed by atoms with Gasteiger partial charge in [0.2, 0.25) is 6.08 Å².